The maximum atomic E-state index is 10.5. The van der Waals surface area contributed by atoms with Gasteiger partial charge in [0, 0.05) is 24.4 Å². The van der Waals surface area contributed by atoms with Crippen molar-refractivity contribution < 1.29 is 0 Å². The Morgan fingerprint density at radius 1 is 1.06 bits per heavy atom. The van der Waals surface area contributed by atoms with Gasteiger partial charge in [-0.05, 0) is 68.8 Å². The van der Waals surface area contributed by atoms with Crippen LogP contribution in [0.5, 0.6) is 0 Å². The third-order valence-corrected chi connectivity index (χ3v) is 6.73. The summed E-state index contributed by atoms with van der Waals surface area (Å²) in [4.78, 5) is 7.72. The molecule has 5 heteroatoms. The van der Waals surface area contributed by atoms with Crippen LogP contribution in [0.25, 0.3) is 0 Å². The molecule has 1 aliphatic heterocycles. The lowest BCUT2D eigenvalue weighted by molar-refractivity contribution is 0.120. The topological polar surface area (TPSA) is 88.3 Å². The second-order valence-electron chi connectivity index (χ2n) is 9.06. The Bertz CT molecular complexity index is 1150. The first-order valence-electron chi connectivity index (χ1n) is 11.2. The lowest BCUT2D eigenvalue weighted by Crippen LogP contribution is -2.54. The summed E-state index contributed by atoms with van der Waals surface area (Å²) in [5.74, 6) is 1.03. The second kappa shape index (κ2) is 9.39. The predicted octanol–water partition coefficient (Wildman–Crippen LogP) is 4.41. The Hall–Kier alpha value is -3.41. The van der Waals surface area contributed by atoms with Crippen molar-refractivity contribution in [3.05, 3.63) is 88.5 Å². The number of hydrogen-bond donors (Lipinski definition) is 2. The lowest BCUT2D eigenvalue weighted by atomic mass is 9.62. The Morgan fingerprint density at radius 3 is 2.53 bits per heavy atom. The first-order valence-corrected chi connectivity index (χ1v) is 11.2. The molecular weight excluding hydrogens is 394 g/mol. The lowest BCUT2D eigenvalue weighted by Gasteiger charge is -2.45. The summed E-state index contributed by atoms with van der Waals surface area (Å²) >= 11 is 0. The summed E-state index contributed by atoms with van der Waals surface area (Å²) in [5, 5.41) is 23.4. The zero-order valence-electron chi connectivity index (χ0n) is 18.7. The number of imidazole rings is 1. The third kappa shape index (κ3) is 4.74. The SMILES string of the molecule is Cc1cccc(CC2(C#N)CCNC(Cc3cnc(C)[nH]3)C2Cc2ccc(C#N)cc2)c1. The van der Waals surface area contributed by atoms with E-state index >= 15 is 0 Å². The monoisotopic (exact) mass is 423 g/mol. The fraction of sp³-hybridized carbons (Fsp3) is 0.370. The molecule has 0 bridgehead atoms. The highest BCUT2D eigenvalue weighted by atomic mass is 15.0. The van der Waals surface area contributed by atoms with Crippen LogP contribution < -0.4 is 5.32 Å². The Kier molecular flexibility index (Phi) is 6.40. The number of nitrogens with one attached hydrogen (secondary N) is 2. The van der Waals surface area contributed by atoms with Gasteiger partial charge in [-0.25, -0.2) is 4.98 Å². The molecule has 162 valence electrons. The minimum Gasteiger partial charge on any atom is -0.346 e. The summed E-state index contributed by atoms with van der Waals surface area (Å²) < 4.78 is 0. The largest absolute Gasteiger partial charge is 0.346 e. The molecule has 5 nitrogen and oxygen atoms in total. The highest BCUT2D eigenvalue weighted by molar-refractivity contribution is 5.33. The van der Waals surface area contributed by atoms with Gasteiger partial charge in [0.15, 0.2) is 0 Å². The molecule has 3 unspecified atom stereocenters. The van der Waals surface area contributed by atoms with Crippen molar-refractivity contribution in [2.75, 3.05) is 6.54 Å². The van der Waals surface area contributed by atoms with Crippen LogP contribution in [0.2, 0.25) is 0 Å². The highest BCUT2D eigenvalue weighted by Crippen LogP contribution is 2.42. The number of nitrogens with zero attached hydrogens (tertiary/aromatic N) is 3. The second-order valence-corrected chi connectivity index (χ2v) is 9.06. The Labute approximate surface area is 190 Å². The van der Waals surface area contributed by atoms with Crippen LogP contribution in [0.15, 0.2) is 54.7 Å². The molecular formula is C27H29N5. The van der Waals surface area contributed by atoms with Gasteiger partial charge in [0.25, 0.3) is 0 Å². The molecule has 0 amide bonds. The van der Waals surface area contributed by atoms with Crippen LogP contribution in [0, 0.1) is 47.8 Å². The number of piperidine rings is 1. The molecule has 3 aromatic rings. The van der Waals surface area contributed by atoms with Crippen LogP contribution in [-0.4, -0.2) is 22.6 Å². The average Bonchev–Trinajstić information content (AvgIpc) is 3.21. The van der Waals surface area contributed by atoms with Crippen LogP contribution in [-0.2, 0) is 19.3 Å². The zero-order valence-corrected chi connectivity index (χ0v) is 18.7. The maximum absolute atomic E-state index is 10.5. The molecule has 4 rings (SSSR count). The summed E-state index contributed by atoms with van der Waals surface area (Å²) in [6.07, 6.45) is 5.05. The highest BCUT2D eigenvalue weighted by Gasteiger charge is 2.46. The van der Waals surface area contributed by atoms with Crippen molar-refractivity contribution in [3.8, 4) is 12.1 Å². The van der Waals surface area contributed by atoms with Gasteiger partial charge in [-0.3, -0.25) is 0 Å². The molecule has 1 aromatic heterocycles. The summed E-state index contributed by atoms with van der Waals surface area (Å²) in [6, 6.07) is 21.4. The van der Waals surface area contributed by atoms with Crippen LogP contribution in [0.1, 0.15) is 40.2 Å². The van der Waals surface area contributed by atoms with Gasteiger partial charge in [0.05, 0.1) is 23.1 Å². The Balaban J connectivity index is 1.69. The Morgan fingerprint density at radius 2 is 1.88 bits per heavy atom. The van der Waals surface area contributed by atoms with E-state index in [1.54, 1.807) is 0 Å². The molecule has 0 radical (unpaired) electrons. The molecule has 0 saturated carbocycles. The van der Waals surface area contributed by atoms with Crippen molar-refractivity contribution >= 4 is 0 Å². The van der Waals surface area contributed by atoms with Crippen molar-refractivity contribution in [1.82, 2.24) is 15.3 Å². The number of aromatic amines is 1. The van der Waals surface area contributed by atoms with E-state index in [9.17, 15) is 5.26 Å². The van der Waals surface area contributed by atoms with Crippen molar-refractivity contribution in [3.63, 3.8) is 0 Å². The zero-order chi connectivity index (χ0) is 22.6. The molecule has 0 spiro atoms. The van der Waals surface area contributed by atoms with Gasteiger partial charge in [0.1, 0.15) is 5.82 Å². The number of hydrogen-bond acceptors (Lipinski definition) is 4. The normalized spacial score (nSPS) is 22.8. The molecule has 2 aromatic carbocycles. The average molecular weight is 424 g/mol. The van der Waals surface area contributed by atoms with Crippen LogP contribution in [0.4, 0.5) is 0 Å². The van der Waals surface area contributed by atoms with E-state index in [2.05, 4.69) is 58.6 Å². The van der Waals surface area contributed by atoms with Gasteiger partial charge in [-0.2, -0.15) is 10.5 Å². The van der Waals surface area contributed by atoms with E-state index in [0.717, 1.165) is 49.3 Å². The summed E-state index contributed by atoms with van der Waals surface area (Å²) in [5.41, 5.74) is 4.88. The van der Waals surface area contributed by atoms with Crippen molar-refractivity contribution in [2.24, 2.45) is 11.3 Å². The first kappa shape index (κ1) is 21.8. The van der Waals surface area contributed by atoms with E-state index in [-0.39, 0.29) is 12.0 Å². The molecule has 3 atom stereocenters. The van der Waals surface area contributed by atoms with Gasteiger partial charge in [-0.15, -0.1) is 0 Å². The fourth-order valence-electron chi connectivity index (χ4n) is 5.11. The summed E-state index contributed by atoms with van der Waals surface area (Å²) in [6.45, 7) is 4.88. The molecule has 1 saturated heterocycles. The van der Waals surface area contributed by atoms with E-state index < -0.39 is 5.41 Å². The molecule has 1 fully saturated rings. The number of aromatic nitrogens is 2. The van der Waals surface area contributed by atoms with Gasteiger partial charge in [0.2, 0.25) is 0 Å². The van der Waals surface area contributed by atoms with Crippen LogP contribution >= 0.6 is 0 Å². The molecule has 32 heavy (non-hydrogen) atoms. The number of rotatable bonds is 6. The minimum absolute atomic E-state index is 0.123. The fourth-order valence-corrected chi connectivity index (χ4v) is 5.11. The number of H-pyrrole nitrogens is 1. The molecule has 2 heterocycles. The first-order chi connectivity index (χ1) is 15.5. The molecule has 0 aliphatic carbocycles. The van der Waals surface area contributed by atoms with E-state index in [1.807, 2.05) is 37.4 Å². The molecule has 2 N–H and O–H groups in total. The quantitative estimate of drug-likeness (QED) is 0.614. The number of benzene rings is 2. The van der Waals surface area contributed by atoms with Crippen molar-refractivity contribution in [2.45, 2.75) is 45.6 Å². The van der Waals surface area contributed by atoms with Gasteiger partial charge >= 0.3 is 0 Å². The van der Waals surface area contributed by atoms with Crippen molar-refractivity contribution in [1.29, 1.82) is 10.5 Å². The van der Waals surface area contributed by atoms with E-state index in [1.165, 1.54) is 11.1 Å². The van der Waals surface area contributed by atoms with Crippen LogP contribution in [0.3, 0.4) is 0 Å². The summed E-state index contributed by atoms with van der Waals surface area (Å²) in [7, 11) is 0. The molecule has 1 aliphatic rings. The third-order valence-electron chi connectivity index (χ3n) is 6.73. The number of nitriles is 2. The maximum Gasteiger partial charge on any atom is 0.103 e. The predicted molar refractivity (Wildman–Crippen MR) is 125 cm³/mol. The van der Waals surface area contributed by atoms with Gasteiger partial charge < -0.3 is 10.3 Å². The van der Waals surface area contributed by atoms with E-state index in [0.29, 0.717) is 5.56 Å². The number of aryl methyl sites for hydroxylation is 2. The smallest absolute Gasteiger partial charge is 0.103 e. The minimum atomic E-state index is -0.466. The van der Waals surface area contributed by atoms with Gasteiger partial charge in [-0.1, -0.05) is 42.0 Å². The van der Waals surface area contributed by atoms with E-state index in [4.69, 9.17) is 5.26 Å². The standard InChI is InChI=1S/C27H29N5/c1-19-4-3-5-23(12-19)15-27(18-29)10-11-30-26(14-24-17-31-20(2)32-24)25(27)13-21-6-8-22(16-28)9-7-21/h3-9,12,17,25-26,30H,10-11,13-15H2,1-2H3,(H,31,32).